The molecule has 0 bridgehead atoms. The van der Waals surface area contributed by atoms with Gasteiger partial charge in [0.05, 0.1) is 12.7 Å². The van der Waals surface area contributed by atoms with Gasteiger partial charge in [-0.15, -0.1) is 0 Å². The second kappa shape index (κ2) is 2.82. The third kappa shape index (κ3) is 1.17. The standard InChI is InChI=1S/C9H14N2O2/c1-7-9(12,3-6-13-7)8-10-4-5-11(8)2/h4-5,7,12H,3,6H2,1-2H3. The van der Waals surface area contributed by atoms with E-state index in [9.17, 15) is 5.11 Å². The maximum absolute atomic E-state index is 10.3. The van der Waals surface area contributed by atoms with Crippen LogP contribution in [0, 0.1) is 0 Å². The molecular weight excluding hydrogens is 168 g/mol. The molecule has 2 atom stereocenters. The fourth-order valence-electron chi connectivity index (χ4n) is 1.81. The predicted molar refractivity (Wildman–Crippen MR) is 47.1 cm³/mol. The number of nitrogens with zero attached hydrogens (tertiary/aromatic N) is 2. The van der Waals surface area contributed by atoms with E-state index in [0.29, 0.717) is 18.9 Å². The zero-order chi connectivity index (χ0) is 9.47. The molecule has 0 amide bonds. The van der Waals surface area contributed by atoms with Crippen LogP contribution in [-0.2, 0) is 17.4 Å². The maximum atomic E-state index is 10.3. The lowest BCUT2D eigenvalue weighted by Crippen LogP contribution is -2.35. The van der Waals surface area contributed by atoms with E-state index in [1.54, 1.807) is 6.20 Å². The highest BCUT2D eigenvalue weighted by atomic mass is 16.5. The Morgan fingerprint density at radius 3 is 3.00 bits per heavy atom. The van der Waals surface area contributed by atoms with Gasteiger partial charge in [-0.1, -0.05) is 0 Å². The van der Waals surface area contributed by atoms with Crippen molar-refractivity contribution in [1.82, 2.24) is 9.55 Å². The number of aryl methyl sites for hydroxylation is 1. The molecule has 1 aliphatic rings. The molecule has 0 aliphatic carbocycles. The number of ether oxygens (including phenoxy) is 1. The highest BCUT2D eigenvalue weighted by Crippen LogP contribution is 2.34. The van der Waals surface area contributed by atoms with Crippen LogP contribution in [0.15, 0.2) is 12.4 Å². The van der Waals surface area contributed by atoms with Gasteiger partial charge >= 0.3 is 0 Å². The Morgan fingerprint density at radius 1 is 1.77 bits per heavy atom. The Hall–Kier alpha value is -0.870. The van der Waals surface area contributed by atoms with Gasteiger partial charge in [-0.25, -0.2) is 4.98 Å². The first-order chi connectivity index (χ1) is 6.14. The van der Waals surface area contributed by atoms with Gasteiger partial charge in [0.1, 0.15) is 11.4 Å². The Labute approximate surface area is 77.2 Å². The third-order valence-corrected chi connectivity index (χ3v) is 2.73. The van der Waals surface area contributed by atoms with Gasteiger partial charge in [-0.2, -0.15) is 0 Å². The first-order valence-corrected chi connectivity index (χ1v) is 4.46. The van der Waals surface area contributed by atoms with Gasteiger partial charge in [-0.3, -0.25) is 0 Å². The highest BCUT2D eigenvalue weighted by Gasteiger charge is 2.44. The Bertz CT molecular complexity index is 310. The molecule has 2 rings (SSSR count). The maximum Gasteiger partial charge on any atom is 0.150 e. The fourth-order valence-corrected chi connectivity index (χ4v) is 1.81. The number of imidazole rings is 1. The normalized spacial score (nSPS) is 33.9. The number of hydrogen-bond donors (Lipinski definition) is 1. The Morgan fingerprint density at radius 2 is 2.54 bits per heavy atom. The van der Waals surface area contributed by atoms with E-state index in [-0.39, 0.29) is 6.10 Å². The summed E-state index contributed by atoms with van der Waals surface area (Å²) in [5.74, 6) is 0.692. The van der Waals surface area contributed by atoms with E-state index in [0.717, 1.165) is 0 Å². The minimum absolute atomic E-state index is 0.173. The molecule has 1 saturated heterocycles. The van der Waals surface area contributed by atoms with Crippen molar-refractivity contribution in [3.05, 3.63) is 18.2 Å². The van der Waals surface area contributed by atoms with E-state index in [4.69, 9.17) is 4.74 Å². The van der Waals surface area contributed by atoms with E-state index in [1.165, 1.54) is 0 Å². The summed E-state index contributed by atoms with van der Waals surface area (Å²) in [6.07, 6.45) is 3.98. The van der Waals surface area contributed by atoms with Crippen LogP contribution in [0.4, 0.5) is 0 Å². The largest absolute Gasteiger partial charge is 0.379 e. The average molecular weight is 182 g/mol. The third-order valence-electron chi connectivity index (χ3n) is 2.73. The Kier molecular flexibility index (Phi) is 1.89. The summed E-state index contributed by atoms with van der Waals surface area (Å²) in [7, 11) is 1.88. The van der Waals surface area contributed by atoms with Gasteiger partial charge in [0.15, 0.2) is 0 Å². The second-order valence-corrected chi connectivity index (χ2v) is 3.55. The lowest BCUT2D eigenvalue weighted by atomic mass is 9.96. The zero-order valence-corrected chi connectivity index (χ0v) is 7.90. The number of aliphatic hydroxyl groups is 1. The van der Waals surface area contributed by atoms with Crippen LogP contribution in [0.1, 0.15) is 19.2 Å². The van der Waals surface area contributed by atoms with Crippen molar-refractivity contribution >= 4 is 0 Å². The molecule has 1 fully saturated rings. The molecule has 2 heterocycles. The van der Waals surface area contributed by atoms with Crippen LogP contribution in [0.5, 0.6) is 0 Å². The highest BCUT2D eigenvalue weighted by molar-refractivity contribution is 5.09. The summed E-state index contributed by atoms with van der Waals surface area (Å²) >= 11 is 0. The quantitative estimate of drug-likeness (QED) is 0.684. The monoisotopic (exact) mass is 182 g/mol. The molecule has 1 aliphatic heterocycles. The molecule has 1 N–H and O–H groups in total. The lowest BCUT2D eigenvalue weighted by molar-refractivity contribution is -0.0397. The predicted octanol–water partition coefficient (Wildman–Crippen LogP) is 0.417. The molecular formula is C9H14N2O2. The number of rotatable bonds is 1. The van der Waals surface area contributed by atoms with Crippen molar-refractivity contribution in [3.63, 3.8) is 0 Å². The average Bonchev–Trinajstić information content (AvgIpc) is 2.62. The molecule has 0 saturated carbocycles. The lowest BCUT2D eigenvalue weighted by Gasteiger charge is -2.25. The minimum atomic E-state index is -0.905. The number of aromatic nitrogens is 2. The van der Waals surface area contributed by atoms with Crippen LogP contribution in [-0.4, -0.2) is 27.4 Å². The van der Waals surface area contributed by atoms with Crippen molar-refractivity contribution in [2.75, 3.05) is 6.61 Å². The van der Waals surface area contributed by atoms with Gasteiger partial charge in [0, 0.05) is 25.9 Å². The van der Waals surface area contributed by atoms with Crippen LogP contribution >= 0.6 is 0 Å². The van der Waals surface area contributed by atoms with Crippen LogP contribution in [0.3, 0.4) is 0 Å². The summed E-state index contributed by atoms with van der Waals surface area (Å²) in [6.45, 7) is 2.48. The molecule has 72 valence electrons. The van der Waals surface area contributed by atoms with E-state index < -0.39 is 5.60 Å². The molecule has 4 heteroatoms. The van der Waals surface area contributed by atoms with Crippen molar-refractivity contribution < 1.29 is 9.84 Å². The molecule has 0 aromatic carbocycles. The van der Waals surface area contributed by atoms with E-state index in [1.807, 2.05) is 24.7 Å². The minimum Gasteiger partial charge on any atom is -0.379 e. The molecule has 4 nitrogen and oxygen atoms in total. The summed E-state index contributed by atoms with van der Waals surface area (Å²) in [4.78, 5) is 4.15. The summed E-state index contributed by atoms with van der Waals surface area (Å²) in [5.41, 5.74) is -0.905. The smallest absolute Gasteiger partial charge is 0.150 e. The molecule has 2 unspecified atom stereocenters. The van der Waals surface area contributed by atoms with Crippen molar-refractivity contribution in [2.24, 2.45) is 7.05 Å². The molecule has 13 heavy (non-hydrogen) atoms. The van der Waals surface area contributed by atoms with Crippen molar-refractivity contribution in [1.29, 1.82) is 0 Å². The van der Waals surface area contributed by atoms with Gasteiger partial charge in [0.2, 0.25) is 0 Å². The van der Waals surface area contributed by atoms with Gasteiger partial charge in [-0.05, 0) is 6.92 Å². The summed E-state index contributed by atoms with van der Waals surface area (Å²) in [5, 5.41) is 10.3. The molecule has 1 aromatic rings. The van der Waals surface area contributed by atoms with Gasteiger partial charge in [0.25, 0.3) is 0 Å². The van der Waals surface area contributed by atoms with Crippen molar-refractivity contribution in [2.45, 2.75) is 25.0 Å². The van der Waals surface area contributed by atoms with Crippen LogP contribution < -0.4 is 0 Å². The Balaban J connectivity index is 2.39. The molecule has 0 radical (unpaired) electrons. The van der Waals surface area contributed by atoms with Crippen LogP contribution in [0.2, 0.25) is 0 Å². The SMILES string of the molecule is CC1OCCC1(O)c1nccn1C. The van der Waals surface area contributed by atoms with E-state index >= 15 is 0 Å². The fraction of sp³-hybridized carbons (Fsp3) is 0.667. The molecule has 0 spiro atoms. The topological polar surface area (TPSA) is 47.3 Å². The first kappa shape index (κ1) is 8.72. The second-order valence-electron chi connectivity index (χ2n) is 3.55. The summed E-state index contributed by atoms with van der Waals surface area (Å²) < 4.78 is 7.18. The zero-order valence-electron chi connectivity index (χ0n) is 7.90. The molecule has 1 aromatic heterocycles. The van der Waals surface area contributed by atoms with Gasteiger partial charge < -0.3 is 14.4 Å². The number of hydrogen-bond acceptors (Lipinski definition) is 3. The van der Waals surface area contributed by atoms with Crippen molar-refractivity contribution in [3.8, 4) is 0 Å². The summed E-state index contributed by atoms with van der Waals surface area (Å²) in [6, 6.07) is 0. The first-order valence-electron chi connectivity index (χ1n) is 4.46. The van der Waals surface area contributed by atoms with E-state index in [2.05, 4.69) is 4.98 Å². The van der Waals surface area contributed by atoms with Crippen LogP contribution in [0.25, 0.3) is 0 Å².